The van der Waals surface area contributed by atoms with E-state index >= 15 is 0 Å². The van der Waals surface area contributed by atoms with Gasteiger partial charge in [-0.25, -0.2) is 8.42 Å². The van der Waals surface area contributed by atoms with E-state index in [1.807, 2.05) is 37.3 Å². The summed E-state index contributed by atoms with van der Waals surface area (Å²) in [6.07, 6.45) is 2.91. The number of pyridine rings is 1. The van der Waals surface area contributed by atoms with Crippen LogP contribution in [0, 0.1) is 6.92 Å². The molecule has 1 fully saturated rings. The minimum Gasteiger partial charge on any atom is -0.339 e. The van der Waals surface area contributed by atoms with Crippen molar-refractivity contribution in [3.05, 3.63) is 59.9 Å². The van der Waals surface area contributed by atoms with E-state index in [4.69, 9.17) is 0 Å². The lowest BCUT2D eigenvalue weighted by Crippen LogP contribution is -2.51. The molecule has 1 amide bonds. The topological polar surface area (TPSA) is 73.8 Å². The minimum atomic E-state index is -3.56. The number of carbonyl (C=O) groups excluding carboxylic acids is 1. The van der Waals surface area contributed by atoms with Gasteiger partial charge in [-0.2, -0.15) is 0 Å². The molecule has 0 bridgehead atoms. The number of amides is 1. The van der Waals surface area contributed by atoms with Crippen molar-refractivity contribution >= 4 is 21.6 Å². The number of aromatic nitrogens is 1. The molecular formula is C20H26N4O3S. The van der Waals surface area contributed by atoms with E-state index in [-0.39, 0.29) is 12.5 Å². The van der Waals surface area contributed by atoms with Gasteiger partial charge in [0.25, 0.3) is 0 Å². The van der Waals surface area contributed by atoms with Crippen LogP contribution in [0.15, 0.2) is 48.7 Å². The van der Waals surface area contributed by atoms with E-state index in [0.717, 1.165) is 37.1 Å². The maximum Gasteiger partial charge on any atom is 0.243 e. The number of para-hydroxylation sites is 1. The monoisotopic (exact) mass is 402 g/mol. The van der Waals surface area contributed by atoms with E-state index in [2.05, 4.69) is 9.88 Å². The number of carbonyl (C=O) groups is 1. The molecule has 1 aliphatic rings. The van der Waals surface area contributed by atoms with Gasteiger partial charge in [0.2, 0.25) is 15.9 Å². The Morgan fingerprint density at radius 3 is 2.36 bits per heavy atom. The SMILES string of the molecule is Cc1ccccc1N(CC(=O)N1CCN(Cc2ccccn2)CC1)S(C)(=O)=O. The molecule has 150 valence electrons. The summed E-state index contributed by atoms with van der Waals surface area (Å²) >= 11 is 0. The van der Waals surface area contributed by atoms with Crippen LogP contribution in [-0.2, 0) is 21.4 Å². The van der Waals surface area contributed by atoms with Crippen molar-refractivity contribution in [2.24, 2.45) is 0 Å². The molecule has 0 spiro atoms. The fraction of sp³-hybridized carbons (Fsp3) is 0.400. The standard InChI is InChI=1S/C20H26N4O3S/c1-17-7-3-4-9-19(17)24(28(2,26)27)16-20(25)23-13-11-22(12-14-23)15-18-8-5-6-10-21-18/h3-10H,11-16H2,1-2H3. The Balaban J connectivity index is 1.62. The third kappa shape index (κ3) is 5.08. The fourth-order valence-electron chi connectivity index (χ4n) is 3.32. The molecule has 28 heavy (non-hydrogen) atoms. The maximum atomic E-state index is 12.8. The average molecular weight is 403 g/mol. The minimum absolute atomic E-state index is 0.175. The predicted molar refractivity (Wildman–Crippen MR) is 109 cm³/mol. The molecule has 0 saturated carbocycles. The van der Waals surface area contributed by atoms with Gasteiger partial charge in [0.15, 0.2) is 0 Å². The molecular weight excluding hydrogens is 376 g/mol. The summed E-state index contributed by atoms with van der Waals surface area (Å²) in [7, 11) is -3.56. The molecule has 0 N–H and O–H groups in total. The summed E-state index contributed by atoms with van der Waals surface area (Å²) in [5.74, 6) is -0.175. The van der Waals surface area contributed by atoms with Gasteiger partial charge in [0.1, 0.15) is 6.54 Å². The van der Waals surface area contributed by atoms with Crippen LogP contribution >= 0.6 is 0 Å². The van der Waals surface area contributed by atoms with Gasteiger partial charge in [-0.1, -0.05) is 24.3 Å². The number of sulfonamides is 1. The molecule has 2 aromatic rings. The molecule has 0 unspecified atom stereocenters. The van der Waals surface area contributed by atoms with E-state index in [1.165, 1.54) is 4.31 Å². The van der Waals surface area contributed by atoms with Gasteiger partial charge in [0.05, 0.1) is 17.6 Å². The summed E-state index contributed by atoms with van der Waals surface area (Å²) in [5.41, 5.74) is 2.37. The molecule has 0 aliphatic carbocycles. The van der Waals surface area contributed by atoms with Gasteiger partial charge >= 0.3 is 0 Å². The molecule has 1 saturated heterocycles. The maximum absolute atomic E-state index is 12.8. The van der Waals surface area contributed by atoms with Crippen molar-refractivity contribution in [1.82, 2.24) is 14.8 Å². The second-order valence-corrected chi connectivity index (χ2v) is 8.94. The van der Waals surface area contributed by atoms with E-state index < -0.39 is 10.0 Å². The first kappa shape index (κ1) is 20.3. The number of rotatable bonds is 6. The van der Waals surface area contributed by atoms with Crippen LogP contribution in [0.5, 0.6) is 0 Å². The van der Waals surface area contributed by atoms with Gasteiger partial charge in [-0.15, -0.1) is 0 Å². The predicted octanol–water partition coefficient (Wildman–Crippen LogP) is 1.50. The number of nitrogens with zero attached hydrogens (tertiary/aromatic N) is 4. The van der Waals surface area contributed by atoms with Gasteiger partial charge in [0, 0.05) is 38.9 Å². The zero-order valence-corrected chi connectivity index (χ0v) is 17.1. The number of hydrogen-bond acceptors (Lipinski definition) is 5. The van der Waals surface area contributed by atoms with Crippen molar-refractivity contribution in [2.45, 2.75) is 13.5 Å². The molecule has 1 aromatic carbocycles. The van der Waals surface area contributed by atoms with Crippen molar-refractivity contribution < 1.29 is 13.2 Å². The first-order chi connectivity index (χ1) is 13.3. The van der Waals surface area contributed by atoms with Gasteiger partial charge in [-0.05, 0) is 30.7 Å². The lowest BCUT2D eigenvalue weighted by molar-refractivity contribution is -0.131. The van der Waals surface area contributed by atoms with Crippen molar-refractivity contribution in [3.63, 3.8) is 0 Å². The molecule has 0 radical (unpaired) electrons. The summed E-state index contributed by atoms with van der Waals surface area (Å²) < 4.78 is 25.8. The number of hydrogen-bond donors (Lipinski definition) is 0. The van der Waals surface area contributed by atoms with Crippen molar-refractivity contribution in [1.29, 1.82) is 0 Å². The smallest absolute Gasteiger partial charge is 0.243 e. The molecule has 0 atom stereocenters. The van der Waals surface area contributed by atoms with E-state index in [0.29, 0.717) is 18.8 Å². The second-order valence-electron chi connectivity index (χ2n) is 7.03. The zero-order chi connectivity index (χ0) is 20.1. The Hall–Kier alpha value is -2.45. The first-order valence-electron chi connectivity index (χ1n) is 9.28. The number of benzene rings is 1. The third-order valence-corrected chi connectivity index (χ3v) is 6.03. The van der Waals surface area contributed by atoms with Crippen LogP contribution in [0.4, 0.5) is 5.69 Å². The number of piperazine rings is 1. The first-order valence-corrected chi connectivity index (χ1v) is 11.1. The Morgan fingerprint density at radius 1 is 1.07 bits per heavy atom. The fourth-order valence-corrected chi connectivity index (χ4v) is 4.23. The molecule has 1 aromatic heterocycles. The molecule has 3 rings (SSSR count). The normalized spacial score (nSPS) is 15.4. The van der Waals surface area contributed by atoms with Crippen LogP contribution in [0.3, 0.4) is 0 Å². The van der Waals surface area contributed by atoms with Crippen LogP contribution in [-0.4, -0.2) is 68.1 Å². The van der Waals surface area contributed by atoms with Crippen molar-refractivity contribution in [3.8, 4) is 0 Å². The molecule has 2 heterocycles. The molecule has 8 heteroatoms. The lowest BCUT2D eigenvalue weighted by atomic mass is 10.2. The van der Waals surface area contributed by atoms with Gasteiger partial charge in [-0.3, -0.25) is 19.0 Å². The largest absolute Gasteiger partial charge is 0.339 e. The highest BCUT2D eigenvalue weighted by molar-refractivity contribution is 7.92. The molecule has 7 nitrogen and oxygen atoms in total. The van der Waals surface area contributed by atoms with Crippen molar-refractivity contribution in [2.75, 3.05) is 43.3 Å². The highest BCUT2D eigenvalue weighted by Gasteiger charge is 2.27. The summed E-state index contributed by atoms with van der Waals surface area (Å²) in [6.45, 7) is 5.06. The van der Waals surface area contributed by atoms with Crippen LogP contribution in [0.2, 0.25) is 0 Å². The van der Waals surface area contributed by atoms with E-state index in [1.54, 1.807) is 23.2 Å². The van der Waals surface area contributed by atoms with Crippen LogP contribution in [0.1, 0.15) is 11.3 Å². The highest BCUT2D eigenvalue weighted by atomic mass is 32.2. The number of anilines is 1. The Bertz CT molecular complexity index is 910. The Morgan fingerprint density at radius 2 is 1.75 bits per heavy atom. The van der Waals surface area contributed by atoms with Gasteiger partial charge < -0.3 is 4.90 Å². The highest BCUT2D eigenvalue weighted by Crippen LogP contribution is 2.22. The van der Waals surface area contributed by atoms with Crippen LogP contribution in [0.25, 0.3) is 0 Å². The van der Waals surface area contributed by atoms with E-state index in [9.17, 15) is 13.2 Å². The zero-order valence-electron chi connectivity index (χ0n) is 16.3. The average Bonchev–Trinajstić information content (AvgIpc) is 2.67. The quantitative estimate of drug-likeness (QED) is 0.732. The molecule has 1 aliphatic heterocycles. The Kier molecular flexibility index (Phi) is 6.31. The lowest BCUT2D eigenvalue weighted by Gasteiger charge is -2.35. The Labute approximate surface area is 166 Å². The van der Waals surface area contributed by atoms with Crippen LogP contribution < -0.4 is 4.31 Å². The summed E-state index contributed by atoms with van der Waals surface area (Å²) in [6, 6.07) is 13.0. The second kappa shape index (κ2) is 8.70. The third-order valence-electron chi connectivity index (χ3n) is 4.90. The summed E-state index contributed by atoms with van der Waals surface area (Å²) in [4.78, 5) is 21.1. The number of aryl methyl sites for hydroxylation is 1. The summed E-state index contributed by atoms with van der Waals surface area (Å²) in [5, 5.41) is 0.